The van der Waals surface area contributed by atoms with Gasteiger partial charge >= 0.3 is 33.6 Å². The van der Waals surface area contributed by atoms with Crippen molar-refractivity contribution in [3.8, 4) is 0 Å². The summed E-state index contributed by atoms with van der Waals surface area (Å²) in [5, 5.41) is 20.6. The van der Waals surface area contributed by atoms with Crippen molar-refractivity contribution in [1.82, 2.24) is 0 Å². The summed E-state index contributed by atoms with van der Waals surface area (Å²) in [5.41, 5.74) is 0. The van der Waals surface area contributed by atoms with E-state index in [4.69, 9.17) is 32.3 Å². The van der Waals surface area contributed by atoms with E-state index < -0.39 is 91.5 Å². The Labute approximate surface area is 564 Å². The van der Waals surface area contributed by atoms with Gasteiger partial charge in [-0.2, -0.15) is 0 Å². The average Bonchev–Trinajstić information content (AvgIpc) is 2.94. The third-order valence-corrected chi connectivity index (χ3v) is 16.9. The number of unbranched alkanes of at least 4 members (excludes halogenated alkanes) is 27. The second-order valence-electron chi connectivity index (χ2n) is 24.0. The molecule has 0 saturated heterocycles. The number of phosphoric ester groups is 2. The van der Waals surface area contributed by atoms with Gasteiger partial charge in [0.15, 0.2) is 6.10 Å². The minimum absolute atomic E-state index is 0.103. The number of carbonyl (C=O) groups excluding carboxylic acids is 3. The van der Waals surface area contributed by atoms with E-state index in [2.05, 4.69) is 130 Å². The van der Waals surface area contributed by atoms with E-state index in [1.54, 1.807) is 0 Å². The Morgan fingerprint density at radius 2 is 0.570 bits per heavy atom. The van der Waals surface area contributed by atoms with E-state index in [1.807, 2.05) is 0 Å². The first-order valence-electron chi connectivity index (χ1n) is 36.2. The molecule has 16 nitrogen and oxygen atoms in total. The number of aliphatic hydroxyl groups excluding tert-OH is 2. The second kappa shape index (κ2) is 68.2. The molecule has 0 aromatic heterocycles. The maximum atomic E-state index is 12.9. The highest BCUT2D eigenvalue weighted by Crippen LogP contribution is 2.45. The van der Waals surface area contributed by atoms with Crippen LogP contribution in [0.2, 0.25) is 0 Å². The van der Waals surface area contributed by atoms with Crippen molar-refractivity contribution in [3.05, 3.63) is 109 Å². The Morgan fingerprint density at radius 1 is 0.312 bits per heavy atom. The second-order valence-corrected chi connectivity index (χ2v) is 26.9. The molecule has 536 valence electrons. The monoisotopic (exact) mass is 1350 g/mol. The number of allylic oxidation sites excluding steroid dienone is 18. The van der Waals surface area contributed by atoms with Crippen molar-refractivity contribution in [2.45, 2.75) is 309 Å². The van der Waals surface area contributed by atoms with Crippen LogP contribution in [0.1, 0.15) is 290 Å². The fourth-order valence-electron chi connectivity index (χ4n) is 9.53. The van der Waals surface area contributed by atoms with Gasteiger partial charge in [0.2, 0.25) is 0 Å². The Morgan fingerprint density at radius 3 is 0.903 bits per heavy atom. The lowest BCUT2D eigenvalue weighted by Gasteiger charge is -2.21. The molecule has 0 aromatic rings. The zero-order chi connectivity index (χ0) is 68.1. The molecule has 0 saturated carbocycles. The number of hydrogen-bond donors (Lipinski definition) is 4. The molecule has 0 aliphatic heterocycles. The molecule has 0 heterocycles. The van der Waals surface area contributed by atoms with Crippen LogP contribution in [0.5, 0.6) is 0 Å². The van der Waals surface area contributed by atoms with Crippen LogP contribution >= 0.6 is 15.6 Å². The standard InChI is InChI=1S/C75H130O16P2/c1-4-7-10-13-16-19-22-24-26-28-30-31-32-33-34-35-36-37-39-41-42-44-47-49-52-55-58-61-73(78)85-64-70(76)65-87-92(81,82)88-66-71(77)67-89-93(83,84)90-69-72(91-75(80)63-60-57-54-51-46-21-18-15-12-9-6-3)68-86-74(79)62-59-56-53-50-48-45-43-40-38-29-27-25-23-20-17-14-11-8-5-2/h7-8,10-11,16-17,19-20,24-27,30-31,33-34,38,40,70-72,76-77H,4-6,9,12-15,18,21-23,28-29,32,35-37,39,41-69H2,1-3H3,(H,81,82)(H,83,84)/b10-7-,11-8-,19-16-,20-17-,26-24-,27-25-,31-30-,34-33-,40-38-. The normalized spacial score (nSPS) is 14.8. The van der Waals surface area contributed by atoms with Gasteiger partial charge in [0.1, 0.15) is 25.4 Å². The van der Waals surface area contributed by atoms with Crippen molar-refractivity contribution < 1.29 is 75.8 Å². The molecule has 0 aliphatic rings. The van der Waals surface area contributed by atoms with Crippen LogP contribution in [0, 0.1) is 0 Å². The summed E-state index contributed by atoms with van der Waals surface area (Å²) < 4.78 is 60.9. The molecule has 0 bridgehead atoms. The summed E-state index contributed by atoms with van der Waals surface area (Å²) in [5.74, 6) is -1.59. The maximum absolute atomic E-state index is 12.9. The van der Waals surface area contributed by atoms with Gasteiger partial charge in [0, 0.05) is 19.3 Å². The molecule has 0 fully saturated rings. The van der Waals surface area contributed by atoms with E-state index in [9.17, 15) is 43.5 Å². The number of rotatable bonds is 68. The third kappa shape index (κ3) is 69.4. The van der Waals surface area contributed by atoms with Crippen molar-refractivity contribution in [3.63, 3.8) is 0 Å². The SMILES string of the molecule is CC/C=C\C/C=C\C/C=C\C/C=C\C/C=C\CCCCCCCCCCCCCC(=O)OCC(O)COP(=O)(O)OCC(O)COP(=O)(O)OCC(COC(=O)CCCCCCCC/C=C\C/C=C\C/C=C\C/C=C\CC)OC(=O)CCCCCCCCCCCCC. The molecule has 0 rings (SSSR count). The highest BCUT2D eigenvalue weighted by molar-refractivity contribution is 7.47. The summed E-state index contributed by atoms with van der Waals surface area (Å²) in [6, 6.07) is 0. The Bertz CT molecular complexity index is 2130. The van der Waals surface area contributed by atoms with Gasteiger partial charge in [0.25, 0.3) is 0 Å². The molecule has 93 heavy (non-hydrogen) atoms. The van der Waals surface area contributed by atoms with Crippen molar-refractivity contribution in [2.75, 3.05) is 39.6 Å². The van der Waals surface area contributed by atoms with Crippen LogP contribution in [0.25, 0.3) is 0 Å². The maximum Gasteiger partial charge on any atom is 0.472 e. The van der Waals surface area contributed by atoms with Crippen molar-refractivity contribution >= 4 is 33.6 Å². The molecule has 4 N–H and O–H groups in total. The molecule has 0 spiro atoms. The lowest BCUT2D eigenvalue weighted by atomic mass is 10.0. The van der Waals surface area contributed by atoms with Gasteiger partial charge in [-0.15, -0.1) is 0 Å². The van der Waals surface area contributed by atoms with E-state index in [0.717, 1.165) is 148 Å². The molecule has 5 unspecified atom stereocenters. The molecular formula is C75H130O16P2. The van der Waals surface area contributed by atoms with E-state index in [-0.39, 0.29) is 19.3 Å². The number of ether oxygens (including phenoxy) is 3. The number of carbonyl (C=O) groups is 3. The molecule has 5 atom stereocenters. The number of aliphatic hydroxyl groups is 2. The smallest absolute Gasteiger partial charge is 0.463 e. The Balaban J connectivity index is 4.48. The van der Waals surface area contributed by atoms with E-state index in [0.29, 0.717) is 19.3 Å². The molecule has 0 amide bonds. The first-order chi connectivity index (χ1) is 45.2. The molecular weight excluding hydrogens is 1220 g/mol. The fraction of sp³-hybridized carbons (Fsp3) is 0.720. The van der Waals surface area contributed by atoms with Crippen LogP contribution < -0.4 is 0 Å². The highest BCUT2D eigenvalue weighted by atomic mass is 31.2. The predicted molar refractivity (Wildman–Crippen MR) is 380 cm³/mol. The zero-order valence-electron chi connectivity index (χ0n) is 58.1. The first kappa shape index (κ1) is 89.2. The molecule has 0 aliphatic carbocycles. The zero-order valence-corrected chi connectivity index (χ0v) is 59.9. The topological polar surface area (TPSA) is 231 Å². The summed E-state index contributed by atoms with van der Waals surface area (Å²) in [6.07, 6.45) is 77.2. The number of phosphoric acid groups is 2. The van der Waals surface area contributed by atoms with Gasteiger partial charge in [-0.05, 0) is 103 Å². The third-order valence-electron chi connectivity index (χ3n) is 15.0. The van der Waals surface area contributed by atoms with Crippen molar-refractivity contribution in [2.24, 2.45) is 0 Å². The summed E-state index contributed by atoms with van der Waals surface area (Å²) in [4.78, 5) is 58.4. The minimum atomic E-state index is -4.92. The van der Waals surface area contributed by atoms with Gasteiger partial charge in [-0.25, -0.2) is 9.13 Å². The van der Waals surface area contributed by atoms with Gasteiger partial charge in [-0.1, -0.05) is 278 Å². The van der Waals surface area contributed by atoms with Gasteiger partial charge in [0.05, 0.1) is 26.4 Å². The van der Waals surface area contributed by atoms with Crippen LogP contribution in [0.3, 0.4) is 0 Å². The minimum Gasteiger partial charge on any atom is -0.463 e. The summed E-state index contributed by atoms with van der Waals surface area (Å²) >= 11 is 0. The van der Waals surface area contributed by atoms with Crippen molar-refractivity contribution in [1.29, 1.82) is 0 Å². The lowest BCUT2D eigenvalue weighted by molar-refractivity contribution is -0.161. The molecule has 0 aromatic carbocycles. The highest BCUT2D eigenvalue weighted by Gasteiger charge is 2.29. The Kier molecular flexibility index (Phi) is 65.4. The quantitative estimate of drug-likeness (QED) is 0.0146. The average molecular weight is 1350 g/mol. The van der Waals surface area contributed by atoms with Crippen LogP contribution in [0.15, 0.2) is 109 Å². The van der Waals surface area contributed by atoms with Gasteiger partial charge in [-0.3, -0.25) is 32.5 Å². The van der Waals surface area contributed by atoms with E-state index in [1.165, 1.54) is 83.5 Å². The number of esters is 3. The molecule has 0 radical (unpaired) electrons. The fourth-order valence-corrected chi connectivity index (χ4v) is 11.1. The Hall–Kier alpha value is -3.79. The number of hydrogen-bond acceptors (Lipinski definition) is 14. The van der Waals surface area contributed by atoms with E-state index >= 15 is 0 Å². The summed E-state index contributed by atoms with van der Waals surface area (Å²) in [6.45, 7) is 2.43. The predicted octanol–water partition coefficient (Wildman–Crippen LogP) is 20.4. The summed E-state index contributed by atoms with van der Waals surface area (Å²) in [7, 11) is -9.78. The lowest BCUT2D eigenvalue weighted by Crippen LogP contribution is -2.30. The molecule has 18 heteroatoms. The van der Waals surface area contributed by atoms with Gasteiger partial charge < -0.3 is 34.2 Å². The largest absolute Gasteiger partial charge is 0.472 e. The van der Waals surface area contributed by atoms with Crippen LogP contribution in [-0.4, -0.2) is 95.9 Å². The van der Waals surface area contributed by atoms with Crippen LogP contribution in [-0.2, 0) is 55.8 Å². The first-order valence-corrected chi connectivity index (χ1v) is 39.2. The van der Waals surface area contributed by atoms with Crippen LogP contribution in [0.4, 0.5) is 0 Å².